The van der Waals surface area contributed by atoms with Gasteiger partial charge in [0.15, 0.2) is 5.03 Å². The zero-order valence-electron chi connectivity index (χ0n) is 9.46. The monoisotopic (exact) mass is 254 g/mol. The number of hydrogen-bond acceptors (Lipinski definition) is 4. The Kier molecular flexibility index (Phi) is 3.15. The smallest absolute Gasteiger partial charge is 0.238 e. The molecule has 1 N–H and O–H groups in total. The number of pyridine rings is 1. The molecule has 1 saturated carbocycles. The fourth-order valence-electron chi connectivity index (χ4n) is 1.38. The Bertz CT molecular complexity index is 509. The number of carbonyl (C=O) groups is 1. The van der Waals surface area contributed by atoms with Crippen LogP contribution in [0.4, 0.5) is 0 Å². The van der Waals surface area contributed by atoms with Crippen LogP contribution in [0.3, 0.4) is 0 Å². The van der Waals surface area contributed by atoms with Crippen LogP contribution in [-0.4, -0.2) is 30.6 Å². The zero-order valence-corrected chi connectivity index (χ0v) is 10.3. The Hall–Kier alpha value is -1.43. The second-order valence-corrected chi connectivity index (χ2v) is 6.35. The van der Waals surface area contributed by atoms with E-state index in [-0.39, 0.29) is 11.1 Å². The first-order valence-electron chi connectivity index (χ1n) is 5.47. The topological polar surface area (TPSA) is 76.1 Å². The second-order valence-electron chi connectivity index (χ2n) is 4.14. The molecule has 1 atom stereocenters. The van der Waals surface area contributed by atoms with Gasteiger partial charge in [0.05, 0.1) is 0 Å². The number of nitrogens with zero attached hydrogens (tertiary/aromatic N) is 1. The van der Waals surface area contributed by atoms with Gasteiger partial charge in [-0.1, -0.05) is 6.07 Å². The zero-order chi connectivity index (χ0) is 12.5. The van der Waals surface area contributed by atoms with E-state index in [2.05, 4.69) is 10.3 Å². The Labute approximate surface area is 100 Å². The van der Waals surface area contributed by atoms with E-state index in [1.165, 1.54) is 19.2 Å². The molecule has 1 aliphatic rings. The van der Waals surface area contributed by atoms with Crippen LogP contribution in [0.25, 0.3) is 0 Å². The highest BCUT2D eigenvalue weighted by atomic mass is 32.2. The summed E-state index contributed by atoms with van der Waals surface area (Å²) in [4.78, 5) is 15.5. The summed E-state index contributed by atoms with van der Waals surface area (Å²) < 4.78 is 24.1. The van der Waals surface area contributed by atoms with Gasteiger partial charge in [0.25, 0.3) is 0 Å². The van der Waals surface area contributed by atoms with E-state index in [9.17, 15) is 13.2 Å². The molecule has 0 aromatic carbocycles. The summed E-state index contributed by atoms with van der Waals surface area (Å²) in [5.41, 5.74) is 0. The largest absolute Gasteiger partial charge is 0.352 e. The molecule has 1 fully saturated rings. The van der Waals surface area contributed by atoms with E-state index >= 15 is 0 Å². The highest BCUT2D eigenvalue weighted by Crippen LogP contribution is 2.20. The van der Waals surface area contributed by atoms with Crippen molar-refractivity contribution < 1.29 is 13.2 Å². The molecule has 0 unspecified atom stereocenters. The second kappa shape index (κ2) is 4.44. The fourth-order valence-corrected chi connectivity index (χ4v) is 2.57. The van der Waals surface area contributed by atoms with Gasteiger partial charge in [0.2, 0.25) is 15.7 Å². The quantitative estimate of drug-likeness (QED) is 0.850. The van der Waals surface area contributed by atoms with Gasteiger partial charge in [-0.05, 0) is 31.9 Å². The van der Waals surface area contributed by atoms with Gasteiger partial charge < -0.3 is 5.32 Å². The van der Waals surface area contributed by atoms with Crippen LogP contribution in [0.15, 0.2) is 29.4 Å². The molecule has 6 heteroatoms. The van der Waals surface area contributed by atoms with Gasteiger partial charge >= 0.3 is 0 Å². The van der Waals surface area contributed by atoms with Crippen molar-refractivity contribution >= 4 is 15.7 Å². The lowest BCUT2D eigenvalue weighted by Gasteiger charge is -2.12. The van der Waals surface area contributed by atoms with Crippen molar-refractivity contribution in [3.8, 4) is 0 Å². The SMILES string of the molecule is C[C@@H](C(=O)NC1CC1)S(=O)(=O)c1ccccn1. The average molecular weight is 254 g/mol. The normalized spacial score (nSPS) is 17.5. The van der Waals surface area contributed by atoms with Crippen molar-refractivity contribution in [3.05, 3.63) is 24.4 Å². The lowest BCUT2D eigenvalue weighted by atomic mass is 10.4. The predicted octanol–water partition coefficient (Wildman–Crippen LogP) is 0.522. The Morgan fingerprint density at radius 2 is 2.18 bits per heavy atom. The molecule has 17 heavy (non-hydrogen) atoms. The van der Waals surface area contributed by atoms with Gasteiger partial charge in [-0.2, -0.15) is 0 Å². The summed E-state index contributed by atoms with van der Waals surface area (Å²) >= 11 is 0. The van der Waals surface area contributed by atoms with Crippen LogP contribution in [0, 0.1) is 0 Å². The van der Waals surface area contributed by atoms with Crippen LogP contribution in [0.1, 0.15) is 19.8 Å². The maximum absolute atomic E-state index is 12.1. The Balaban J connectivity index is 2.17. The molecule has 1 aromatic heterocycles. The summed E-state index contributed by atoms with van der Waals surface area (Å²) in [6.07, 6.45) is 3.27. The molecule has 1 heterocycles. The molecular weight excluding hydrogens is 240 g/mol. The van der Waals surface area contributed by atoms with Gasteiger partial charge in [-0.15, -0.1) is 0 Å². The minimum Gasteiger partial charge on any atom is -0.352 e. The molecule has 0 bridgehead atoms. The summed E-state index contributed by atoms with van der Waals surface area (Å²) in [6, 6.07) is 4.78. The number of nitrogens with one attached hydrogen (secondary N) is 1. The number of amides is 1. The minimum atomic E-state index is -3.68. The molecule has 92 valence electrons. The van der Waals surface area contributed by atoms with Gasteiger partial charge in [-0.25, -0.2) is 13.4 Å². The van der Waals surface area contributed by atoms with E-state index in [1.54, 1.807) is 12.1 Å². The average Bonchev–Trinajstić information content (AvgIpc) is 3.13. The third-order valence-electron chi connectivity index (χ3n) is 2.69. The summed E-state index contributed by atoms with van der Waals surface area (Å²) in [6.45, 7) is 1.39. The molecular formula is C11H14N2O3S. The van der Waals surface area contributed by atoms with Crippen LogP contribution in [0.2, 0.25) is 0 Å². The molecule has 5 nitrogen and oxygen atoms in total. The number of rotatable bonds is 4. The third kappa shape index (κ3) is 2.63. The minimum absolute atomic E-state index is 0.0570. The van der Waals surface area contributed by atoms with Crippen LogP contribution in [0.5, 0.6) is 0 Å². The van der Waals surface area contributed by atoms with Crippen molar-refractivity contribution in [1.29, 1.82) is 0 Å². The first-order chi connectivity index (χ1) is 8.01. The molecule has 1 amide bonds. The number of carbonyl (C=O) groups excluding carboxylic acids is 1. The van der Waals surface area contributed by atoms with E-state index in [0.717, 1.165) is 12.8 Å². The molecule has 1 aliphatic carbocycles. The molecule has 2 rings (SSSR count). The molecule has 0 aliphatic heterocycles. The van der Waals surface area contributed by atoms with Gasteiger partial charge in [0.1, 0.15) is 5.25 Å². The standard InChI is InChI=1S/C11H14N2O3S/c1-8(11(14)13-9-5-6-9)17(15,16)10-4-2-3-7-12-10/h2-4,7-9H,5-6H2,1H3,(H,13,14)/t8-/m0/s1. The van der Waals surface area contributed by atoms with E-state index in [4.69, 9.17) is 0 Å². The van der Waals surface area contributed by atoms with Gasteiger partial charge in [0, 0.05) is 12.2 Å². The van der Waals surface area contributed by atoms with Crippen molar-refractivity contribution in [3.63, 3.8) is 0 Å². The molecule has 0 spiro atoms. The first kappa shape index (κ1) is 12.0. The van der Waals surface area contributed by atoms with Crippen LogP contribution >= 0.6 is 0 Å². The van der Waals surface area contributed by atoms with Crippen molar-refractivity contribution in [1.82, 2.24) is 10.3 Å². The summed E-state index contributed by atoms with van der Waals surface area (Å²) in [7, 11) is -3.68. The lowest BCUT2D eigenvalue weighted by Crippen LogP contribution is -2.39. The summed E-state index contributed by atoms with van der Waals surface area (Å²) in [5.74, 6) is -0.446. The Morgan fingerprint density at radius 1 is 1.47 bits per heavy atom. The first-order valence-corrected chi connectivity index (χ1v) is 7.02. The fraction of sp³-hybridized carbons (Fsp3) is 0.455. The predicted molar refractivity (Wildman–Crippen MR) is 62.0 cm³/mol. The number of sulfone groups is 1. The molecule has 0 saturated heterocycles. The van der Waals surface area contributed by atoms with Crippen molar-refractivity contribution in [2.24, 2.45) is 0 Å². The lowest BCUT2D eigenvalue weighted by molar-refractivity contribution is -0.120. The third-order valence-corrected chi connectivity index (χ3v) is 4.66. The van der Waals surface area contributed by atoms with E-state index < -0.39 is 21.0 Å². The Morgan fingerprint density at radius 3 is 2.71 bits per heavy atom. The maximum Gasteiger partial charge on any atom is 0.238 e. The number of aromatic nitrogens is 1. The van der Waals surface area contributed by atoms with E-state index in [0.29, 0.717) is 0 Å². The maximum atomic E-state index is 12.1. The summed E-state index contributed by atoms with van der Waals surface area (Å²) in [5, 5.41) is 1.53. The van der Waals surface area contributed by atoms with Crippen LogP contribution in [-0.2, 0) is 14.6 Å². The van der Waals surface area contributed by atoms with E-state index in [1.807, 2.05) is 0 Å². The molecule has 0 radical (unpaired) electrons. The molecule has 1 aromatic rings. The number of hydrogen-bond donors (Lipinski definition) is 1. The van der Waals surface area contributed by atoms with Gasteiger partial charge in [-0.3, -0.25) is 4.79 Å². The van der Waals surface area contributed by atoms with Crippen LogP contribution < -0.4 is 5.32 Å². The highest BCUT2D eigenvalue weighted by molar-refractivity contribution is 7.92. The highest BCUT2D eigenvalue weighted by Gasteiger charge is 2.33. The van der Waals surface area contributed by atoms with Crippen molar-refractivity contribution in [2.75, 3.05) is 0 Å². The van der Waals surface area contributed by atoms with Crippen molar-refractivity contribution in [2.45, 2.75) is 36.1 Å².